The minimum atomic E-state index is -0.351. The number of benzene rings is 1. The lowest BCUT2D eigenvalue weighted by molar-refractivity contribution is -0.123. The molecule has 0 aliphatic carbocycles. The summed E-state index contributed by atoms with van der Waals surface area (Å²) in [6.07, 6.45) is 0.795. The first-order valence-corrected chi connectivity index (χ1v) is 13.7. The van der Waals surface area contributed by atoms with E-state index in [-0.39, 0.29) is 46.6 Å². The largest absolute Gasteiger partial charge is 0.352 e. The summed E-state index contributed by atoms with van der Waals surface area (Å²) in [4.78, 5) is 29.2. The lowest BCUT2D eigenvalue weighted by Gasteiger charge is -2.24. The average Bonchev–Trinajstić information content (AvgIpc) is 3.44. The summed E-state index contributed by atoms with van der Waals surface area (Å²) in [5.41, 5.74) is 2.08. The van der Waals surface area contributed by atoms with Gasteiger partial charge in [-0.1, -0.05) is 33.8 Å². The van der Waals surface area contributed by atoms with Crippen molar-refractivity contribution in [1.29, 1.82) is 0 Å². The van der Waals surface area contributed by atoms with Crippen LogP contribution in [0.5, 0.6) is 0 Å². The predicted molar refractivity (Wildman–Crippen MR) is 141 cm³/mol. The summed E-state index contributed by atoms with van der Waals surface area (Å²) in [5.74, 6) is 0.0896. The molecule has 3 heterocycles. The highest BCUT2D eigenvalue weighted by molar-refractivity contribution is 8.00. The molecule has 2 amide bonds. The van der Waals surface area contributed by atoms with Gasteiger partial charge in [0.05, 0.1) is 22.4 Å². The van der Waals surface area contributed by atoms with E-state index in [2.05, 4.69) is 32.2 Å². The Bertz CT molecular complexity index is 1200. The molecule has 0 radical (unpaired) electrons. The number of thioether (sulfide) groups is 1. The molecule has 4 rings (SSSR count). The molecule has 1 aliphatic heterocycles. The molecule has 3 aromatic rings. The normalized spacial score (nSPS) is 17.1. The minimum Gasteiger partial charge on any atom is -0.352 e. The van der Waals surface area contributed by atoms with Crippen LogP contribution < -0.4 is 10.2 Å². The van der Waals surface area contributed by atoms with Crippen LogP contribution in [0, 0.1) is 5.82 Å². The highest BCUT2D eigenvalue weighted by Gasteiger charge is 2.40. The van der Waals surface area contributed by atoms with Crippen molar-refractivity contribution in [2.45, 2.75) is 57.7 Å². The third-order valence-corrected chi connectivity index (χ3v) is 8.32. The van der Waals surface area contributed by atoms with Gasteiger partial charge < -0.3 is 5.32 Å². The third-order valence-electron chi connectivity index (χ3n) is 5.99. The van der Waals surface area contributed by atoms with Gasteiger partial charge in [-0.15, -0.1) is 23.1 Å². The van der Waals surface area contributed by atoms with Crippen LogP contribution >= 0.6 is 23.1 Å². The van der Waals surface area contributed by atoms with E-state index in [1.165, 1.54) is 12.1 Å². The van der Waals surface area contributed by atoms with Gasteiger partial charge in [0.2, 0.25) is 11.8 Å². The van der Waals surface area contributed by atoms with Gasteiger partial charge in [0.1, 0.15) is 18.2 Å². The smallest absolute Gasteiger partial charge is 0.240 e. The van der Waals surface area contributed by atoms with Crippen molar-refractivity contribution in [2.24, 2.45) is 0 Å². The van der Waals surface area contributed by atoms with E-state index in [1.807, 2.05) is 25.3 Å². The molecule has 1 aromatic carbocycles. The maximum atomic E-state index is 13.8. The summed E-state index contributed by atoms with van der Waals surface area (Å²) in [6, 6.07) is 10.1. The Kier molecular flexibility index (Phi) is 7.38. The van der Waals surface area contributed by atoms with E-state index in [0.717, 1.165) is 22.6 Å². The Labute approximate surface area is 213 Å². The first-order chi connectivity index (χ1) is 16.6. The van der Waals surface area contributed by atoms with Crippen LogP contribution in [0.15, 0.2) is 41.8 Å². The summed E-state index contributed by atoms with van der Waals surface area (Å²) >= 11 is 3.20. The van der Waals surface area contributed by atoms with E-state index in [9.17, 15) is 14.0 Å². The number of carbonyl (C=O) groups excluding carboxylic acids is 2. The van der Waals surface area contributed by atoms with Crippen molar-refractivity contribution in [3.63, 3.8) is 0 Å². The minimum absolute atomic E-state index is 0.00411. The summed E-state index contributed by atoms with van der Waals surface area (Å²) in [7, 11) is 0. The number of rotatable bonds is 6. The third kappa shape index (κ3) is 5.30. The van der Waals surface area contributed by atoms with Crippen molar-refractivity contribution >= 4 is 40.7 Å². The van der Waals surface area contributed by atoms with Crippen molar-refractivity contribution in [3.05, 3.63) is 63.7 Å². The van der Waals surface area contributed by atoms with Crippen LogP contribution in [0.4, 0.5) is 10.2 Å². The standard InChI is InChI=1S/C26H31FN4O2S2/c1-6-16(2)28-20(32)14-30-21(33)15-35-23(19-8-7-13-34-19)22-24(26(3,4)5)29-31(25(22)30)18-11-9-17(27)10-12-18/h7-13,16,23H,6,14-15H2,1-5H3,(H,28,32)/t16-,23+/m1/s1. The number of anilines is 1. The zero-order valence-electron chi connectivity index (χ0n) is 20.7. The SMILES string of the molecule is CC[C@@H](C)NC(=O)CN1C(=O)CS[C@@H](c2cccs2)c2c(C(C)(C)C)nn(-c3ccc(F)cc3)c21. The lowest BCUT2D eigenvalue weighted by Crippen LogP contribution is -2.44. The second-order valence-corrected chi connectivity index (χ2v) is 11.9. The highest BCUT2D eigenvalue weighted by atomic mass is 32.2. The summed E-state index contributed by atoms with van der Waals surface area (Å²) in [6.45, 7) is 10.1. The van der Waals surface area contributed by atoms with E-state index in [4.69, 9.17) is 5.10 Å². The van der Waals surface area contributed by atoms with Crippen molar-refractivity contribution in [1.82, 2.24) is 15.1 Å². The van der Waals surface area contributed by atoms with Crippen molar-refractivity contribution in [2.75, 3.05) is 17.2 Å². The van der Waals surface area contributed by atoms with Crippen molar-refractivity contribution < 1.29 is 14.0 Å². The molecule has 0 unspecified atom stereocenters. The second-order valence-electron chi connectivity index (χ2n) is 9.79. The number of thiophene rings is 1. The molecular weight excluding hydrogens is 483 g/mol. The van der Waals surface area contributed by atoms with Gasteiger partial charge in [-0.25, -0.2) is 9.07 Å². The topological polar surface area (TPSA) is 67.2 Å². The molecule has 6 nitrogen and oxygen atoms in total. The molecular formula is C26H31FN4O2S2. The number of nitrogens with one attached hydrogen (secondary N) is 1. The number of nitrogens with zero attached hydrogens (tertiary/aromatic N) is 3. The van der Waals surface area contributed by atoms with E-state index in [1.54, 1.807) is 44.8 Å². The number of carbonyl (C=O) groups is 2. The molecule has 2 atom stereocenters. The number of hydrogen-bond acceptors (Lipinski definition) is 5. The quantitative estimate of drug-likeness (QED) is 0.475. The van der Waals surface area contributed by atoms with E-state index < -0.39 is 0 Å². The summed E-state index contributed by atoms with van der Waals surface area (Å²) < 4.78 is 15.5. The number of fused-ring (bicyclic) bond motifs is 1. The Morgan fingerprint density at radius 3 is 2.57 bits per heavy atom. The van der Waals surface area contributed by atoms with Crippen LogP contribution in [0.1, 0.15) is 62.4 Å². The maximum Gasteiger partial charge on any atom is 0.240 e. The fourth-order valence-corrected chi connectivity index (χ4v) is 6.24. The van der Waals surface area contributed by atoms with Crippen molar-refractivity contribution in [3.8, 4) is 5.69 Å². The fraction of sp³-hybridized carbons (Fsp3) is 0.423. The van der Waals surface area contributed by atoms with Gasteiger partial charge in [-0.05, 0) is 49.1 Å². The van der Waals surface area contributed by atoms with Gasteiger partial charge in [0.15, 0.2) is 0 Å². The molecule has 2 aromatic heterocycles. The van der Waals surface area contributed by atoms with Gasteiger partial charge in [-0.3, -0.25) is 14.5 Å². The fourth-order valence-electron chi connectivity index (χ4n) is 4.07. The Balaban J connectivity index is 1.95. The molecule has 0 saturated carbocycles. The first kappa shape index (κ1) is 25.4. The Hall–Kier alpha value is -2.65. The van der Waals surface area contributed by atoms with Gasteiger partial charge in [0.25, 0.3) is 0 Å². The Morgan fingerprint density at radius 1 is 1.26 bits per heavy atom. The molecule has 9 heteroatoms. The van der Waals surface area contributed by atoms with Crippen LogP contribution in [0.25, 0.3) is 5.69 Å². The van der Waals surface area contributed by atoms with Gasteiger partial charge in [0, 0.05) is 21.9 Å². The number of aromatic nitrogens is 2. The maximum absolute atomic E-state index is 13.8. The average molecular weight is 515 g/mol. The molecule has 0 bridgehead atoms. The van der Waals surface area contributed by atoms with E-state index in [0.29, 0.717) is 11.5 Å². The Morgan fingerprint density at radius 2 is 1.97 bits per heavy atom. The van der Waals surface area contributed by atoms with Crippen LogP contribution in [0.3, 0.4) is 0 Å². The lowest BCUT2D eigenvalue weighted by atomic mass is 9.88. The first-order valence-electron chi connectivity index (χ1n) is 11.7. The van der Waals surface area contributed by atoms with Gasteiger partial charge in [-0.2, -0.15) is 5.10 Å². The molecule has 0 saturated heterocycles. The molecule has 1 N–H and O–H groups in total. The number of hydrogen-bond donors (Lipinski definition) is 1. The molecule has 0 fully saturated rings. The number of halogens is 1. The van der Waals surface area contributed by atoms with Crippen LogP contribution in [-0.4, -0.2) is 39.9 Å². The van der Waals surface area contributed by atoms with Gasteiger partial charge >= 0.3 is 0 Å². The van der Waals surface area contributed by atoms with E-state index >= 15 is 0 Å². The zero-order valence-corrected chi connectivity index (χ0v) is 22.3. The zero-order chi connectivity index (χ0) is 25.3. The molecule has 186 valence electrons. The monoisotopic (exact) mass is 514 g/mol. The summed E-state index contributed by atoms with van der Waals surface area (Å²) in [5, 5.41) is 9.89. The second kappa shape index (κ2) is 10.1. The van der Waals surface area contributed by atoms with Crippen LogP contribution in [0.2, 0.25) is 0 Å². The molecule has 35 heavy (non-hydrogen) atoms. The van der Waals surface area contributed by atoms with Crippen LogP contribution in [-0.2, 0) is 15.0 Å². The number of amides is 2. The molecule has 0 spiro atoms. The molecule has 1 aliphatic rings. The highest BCUT2D eigenvalue weighted by Crippen LogP contribution is 2.49. The predicted octanol–water partition coefficient (Wildman–Crippen LogP) is 5.45.